The second kappa shape index (κ2) is 5.31. The molecule has 92 valence electrons. The van der Waals surface area contributed by atoms with Crippen molar-refractivity contribution in [2.45, 2.75) is 18.6 Å². The summed E-state index contributed by atoms with van der Waals surface area (Å²) in [6, 6.07) is 7.75. The summed E-state index contributed by atoms with van der Waals surface area (Å²) in [6.07, 6.45) is 1.95. The van der Waals surface area contributed by atoms with Gasteiger partial charge in [0.1, 0.15) is 0 Å². The lowest BCUT2D eigenvalue weighted by Gasteiger charge is -2.17. The molecule has 0 amide bonds. The number of aromatic amines is 1. The van der Waals surface area contributed by atoms with Gasteiger partial charge in [-0.05, 0) is 18.1 Å². The molecular weight excluding hydrogens is 216 g/mol. The lowest BCUT2D eigenvalue weighted by molar-refractivity contribution is 0.0481. The van der Waals surface area contributed by atoms with E-state index in [2.05, 4.69) is 11.1 Å². The van der Waals surface area contributed by atoms with Crippen LogP contribution >= 0.6 is 0 Å². The minimum atomic E-state index is -0.631. The number of ether oxygens (including phenoxy) is 1. The van der Waals surface area contributed by atoms with Crippen LogP contribution in [0.3, 0.4) is 0 Å². The van der Waals surface area contributed by atoms with Gasteiger partial charge in [0.2, 0.25) is 0 Å². The van der Waals surface area contributed by atoms with Crippen molar-refractivity contribution >= 4 is 10.9 Å². The van der Waals surface area contributed by atoms with E-state index in [0.29, 0.717) is 6.42 Å². The highest BCUT2D eigenvalue weighted by Crippen LogP contribution is 2.19. The Balaban J connectivity index is 2.13. The third kappa shape index (κ3) is 2.66. The summed E-state index contributed by atoms with van der Waals surface area (Å²) in [7, 11) is 1.56. The Morgan fingerprint density at radius 1 is 1.41 bits per heavy atom. The topological polar surface area (TPSA) is 71.3 Å². The monoisotopic (exact) mass is 234 g/mol. The molecule has 0 bridgehead atoms. The molecule has 0 radical (unpaired) electrons. The minimum Gasteiger partial charge on any atom is -0.389 e. The predicted molar refractivity (Wildman–Crippen MR) is 67.9 cm³/mol. The van der Waals surface area contributed by atoms with E-state index in [9.17, 15) is 5.11 Å². The summed E-state index contributed by atoms with van der Waals surface area (Å²) in [5, 5.41) is 10.9. The number of nitrogens with two attached hydrogens (primary N) is 1. The predicted octanol–water partition coefficient (Wildman–Crippen LogP) is 1.05. The zero-order valence-corrected chi connectivity index (χ0v) is 9.89. The van der Waals surface area contributed by atoms with Gasteiger partial charge in [-0.25, -0.2) is 0 Å². The SMILES string of the molecule is COCC(O)C(N)Cc1c[nH]c2ccccc12. The highest BCUT2D eigenvalue weighted by atomic mass is 16.5. The van der Waals surface area contributed by atoms with Crippen LogP contribution in [-0.2, 0) is 11.2 Å². The quantitative estimate of drug-likeness (QED) is 0.724. The normalized spacial score (nSPS) is 15.0. The molecule has 4 N–H and O–H groups in total. The van der Waals surface area contributed by atoms with E-state index in [1.165, 1.54) is 0 Å². The molecule has 2 aromatic rings. The number of hydrogen-bond donors (Lipinski definition) is 3. The fourth-order valence-electron chi connectivity index (χ4n) is 1.98. The largest absolute Gasteiger partial charge is 0.389 e. The van der Waals surface area contributed by atoms with Crippen LogP contribution in [0.5, 0.6) is 0 Å². The fourth-order valence-corrected chi connectivity index (χ4v) is 1.98. The summed E-state index contributed by atoms with van der Waals surface area (Å²) in [6.45, 7) is 0.267. The summed E-state index contributed by atoms with van der Waals surface area (Å²) in [4.78, 5) is 3.20. The van der Waals surface area contributed by atoms with Crippen LogP contribution in [0.15, 0.2) is 30.5 Å². The van der Waals surface area contributed by atoms with E-state index in [1.54, 1.807) is 7.11 Å². The number of methoxy groups -OCH3 is 1. The molecule has 0 aliphatic heterocycles. The van der Waals surface area contributed by atoms with Crippen LogP contribution in [0.4, 0.5) is 0 Å². The zero-order chi connectivity index (χ0) is 12.3. The summed E-state index contributed by atoms with van der Waals surface area (Å²) < 4.78 is 4.89. The number of benzene rings is 1. The standard InChI is InChI=1S/C13H18N2O2/c1-17-8-13(16)11(14)6-9-7-15-12-5-3-2-4-10(9)12/h2-5,7,11,13,15-16H,6,8,14H2,1H3. The van der Waals surface area contributed by atoms with Gasteiger partial charge in [0.25, 0.3) is 0 Å². The summed E-state index contributed by atoms with van der Waals surface area (Å²) in [5.41, 5.74) is 8.16. The molecule has 2 unspecified atom stereocenters. The smallest absolute Gasteiger partial charge is 0.0927 e. The van der Waals surface area contributed by atoms with E-state index < -0.39 is 6.10 Å². The van der Waals surface area contributed by atoms with Crippen LogP contribution in [0.1, 0.15) is 5.56 Å². The van der Waals surface area contributed by atoms with Crippen LogP contribution in [0.2, 0.25) is 0 Å². The first-order chi connectivity index (χ1) is 8.22. The maximum atomic E-state index is 9.73. The van der Waals surface area contributed by atoms with Gasteiger partial charge in [-0.15, -0.1) is 0 Å². The highest BCUT2D eigenvalue weighted by Gasteiger charge is 2.16. The van der Waals surface area contributed by atoms with Gasteiger partial charge in [0.05, 0.1) is 12.7 Å². The summed E-state index contributed by atoms with van der Waals surface area (Å²) >= 11 is 0. The number of fused-ring (bicyclic) bond motifs is 1. The molecular formula is C13H18N2O2. The van der Waals surface area contributed by atoms with Crippen molar-refractivity contribution in [3.63, 3.8) is 0 Å². The Morgan fingerprint density at radius 2 is 2.18 bits per heavy atom. The Bertz CT molecular complexity index is 481. The minimum absolute atomic E-state index is 0.267. The Kier molecular flexibility index (Phi) is 3.78. The van der Waals surface area contributed by atoms with Gasteiger partial charge < -0.3 is 20.6 Å². The van der Waals surface area contributed by atoms with Crippen molar-refractivity contribution in [3.05, 3.63) is 36.0 Å². The average Bonchev–Trinajstić information content (AvgIpc) is 2.73. The van der Waals surface area contributed by atoms with Crippen molar-refractivity contribution in [1.29, 1.82) is 0 Å². The van der Waals surface area contributed by atoms with E-state index in [1.807, 2.05) is 24.4 Å². The first-order valence-corrected chi connectivity index (χ1v) is 5.70. The Labute approximate surface area is 100 Å². The Hall–Kier alpha value is -1.36. The molecule has 2 rings (SSSR count). The van der Waals surface area contributed by atoms with Crippen molar-refractivity contribution in [2.24, 2.45) is 5.73 Å². The maximum Gasteiger partial charge on any atom is 0.0927 e. The van der Waals surface area contributed by atoms with Crippen LogP contribution in [-0.4, -0.2) is 36.0 Å². The molecule has 0 aliphatic carbocycles. The maximum absolute atomic E-state index is 9.73. The lowest BCUT2D eigenvalue weighted by Crippen LogP contribution is -2.39. The van der Waals surface area contributed by atoms with E-state index in [-0.39, 0.29) is 12.6 Å². The third-order valence-electron chi connectivity index (χ3n) is 2.96. The third-order valence-corrected chi connectivity index (χ3v) is 2.96. The molecule has 0 saturated carbocycles. The first kappa shape index (κ1) is 12.1. The number of H-pyrrole nitrogens is 1. The average molecular weight is 234 g/mol. The van der Waals surface area contributed by atoms with Gasteiger partial charge in [-0.3, -0.25) is 0 Å². The molecule has 0 aliphatic rings. The first-order valence-electron chi connectivity index (χ1n) is 5.70. The number of nitrogens with one attached hydrogen (secondary N) is 1. The van der Waals surface area contributed by atoms with Gasteiger partial charge >= 0.3 is 0 Å². The lowest BCUT2D eigenvalue weighted by atomic mass is 10.0. The van der Waals surface area contributed by atoms with Gasteiger partial charge in [0, 0.05) is 30.3 Å². The Morgan fingerprint density at radius 3 is 2.94 bits per heavy atom. The molecule has 1 heterocycles. The fraction of sp³-hybridized carbons (Fsp3) is 0.385. The van der Waals surface area contributed by atoms with Crippen molar-refractivity contribution < 1.29 is 9.84 Å². The highest BCUT2D eigenvalue weighted by molar-refractivity contribution is 5.83. The number of hydrogen-bond acceptors (Lipinski definition) is 3. The van der Waals surface area contributed by atoms with Crippen molar-refractivity contribution in [2.75, 3.05) is 13.7 Å². The van der Waals surface area contributed by atoms with Crippen molar-refractivity contribution in [1.82, 2.24) is 4.98 Å². The van der Waals surface area contributed by atoms with Crippen LogP contribution in [0, 0.1) is 0 Å². The second-order valence-corrected chi connectivity index (χ2v) is 4.25. The number of para-hydroxylation sites is 1. The molecule has 4 nitrogen and oxygen atoms in total. The number of aromatic nitrogens is 1. The van der Waals surface area contributed by atoms with Gasteiger partial charge in [-0.1, -0.05) is 18.2 Å². The molecule has 1 aromatic heterocycles. The van der Waals surface area contributed by atoms with Gasteiger partial charge in [0.15, 0.2) is 0 Å². The zero-order valence-electron chi connectivity index (χ0n) is 9.89. The number of aliphatic hydroxyl groups excluding tert-OH is 1. The number of rotatable bonds is 5. The summed E-state index contributed by atoms with van der Waals surface area (Å²) in [5.74, 6) is 0. The molecule has 4 heteroatoms. The van der Waals surface area contributed by atoms with Crippen LogP contribution in [0.25, 0.3) is 10.9 Å². The molecule has 1 aromatic carbocycles. The second-order valence-electron chi connectivity index (χ2n) is 4.25. The number of aliphatic hydroxyl groups is 1. The van der Waals surface area contributed by atoms with Crippen molar-refractivity contribution in [3.8, 4) is 0 Å². The molecule has 2 atom stereocenters. The van der Waals surface area contributed by atoms with E-state index in [0.717, 1.165) is 16.5 Å². The molecule has 0 fully saturated rings. The molecule has 0 spiro atoms. The van der Waals surface area contributed by atoms with E-state index in [4.69, 9.17) is 10.5 Å². The van der Waals surface area contributed by atoms with Crippen LogP contribution < -0.4 is 5.73 Å². The molecule has 0 saturated heterocycles. The van der Waals surface area contributed by atoms with Gasteiger partial charge in [-0.2, -0.15) is 0 Å². The molecule has 17 heavy (non-hydrogen) atoms. The van der Waals surface area contributed by atoms with E-state index >= 15 is 0 Å².